The van der Waals surface area contributed by atoms with Crippen LogP contribution in [0.4, 0.5) is 0 Å². The van der Waals surface area contributed by atoms with E-state index in [0.717, 1.165) is 13.2 Å². The average Bonchev–Trinajstić information content (AvgIpc) is 2.35. The second-order valence-corrected chi connectivity index (χ2v) is 4.07. The minimum atomic E-state index is 0.640. The Balaban J connectivity index is 3.11. The molecule has 0 aliphatic rings. The van der Waals surface area contributed by atoms with Gasteiger partial charge in [-0.3, -0.25) is 0 Å². The van der Waals surface area contributed by atoms with Gasteiger partial charge in [0.15, 0.2) is 0 Å². The quantitative estimate of drug-likeness (QED) is 0.504. The molecule has 0 aromatic heterocycles. The van der Waals surface area contributed by atoms with Gasteiger partial charge in [-0.2, -0.15) is 0 Å². The first-order valence-electron chi connectivity index (χ1n) is 6.72. The summed E-state index contributed by atoms with van der Waals surface area (Å²) < 4.78 is 15.6. The molecule has 17 heavy (non-hydrogen) atoms. The van der Waals surface area contributed by atoms with Gasteiger partial charge in [-0.05, 0) is 12.8 Å². The molecule has 0 amide bonds. The zero-order valence-corrected chi connectivity index (χ0v) is 11.7. The summed E-state index contributed by atoms with van der Waals surface area (Å²) in [6, 6.07) is 0.640. The topological polar surface area (TPSA) is 39.7 Å². The fourth-order valence-corrected chi connectivity index (χ4v) is 1.60. The number of methoxy groups -OCH3 is 1. The third kappa shape index (κ3) is 12.1. The highest BCUT2D eigenvalue weighted by Crippen LogP contribution is 1.99. The van der Waals surface area contributed by atoms with E-state index in [1.807, 2.05) is 0 Å². The summed E-state index contributed by atoms with van der Waals surface area (Å²) in [6.45, 7) is 8.73. The smallest absolute Gasteiger partial charge is 0.0701 e. The van der Waals surface area contributed by atoms with E-state index in [1.165, 1.54) is 19.3 Å². The fourth-order valence-electron chi connectivity index (χ4n) is 1.60. The van der Waals surface area contributed by atoms with Crippen molar-refractivity contribution in [2.24, 2.45) is 0 Å². The number of hydrogen-bond acceptors (Lipinski definition) is 4. The van der Waals surface area contributed by atoms with Crippen LogP contribution in [0.1, 0.15) is 33.1 Å². The summed E-state index contributed by atoms with van der Waals surface area (Å²) in [5.41, 5.74) is 0. The molecular weight excluding hydrogens is 218 g/mol. The van der Waals surface area contributed by atoms with Gasteiger partial charge < -0.3 is 19.5 Å². The van der Waals surface area contributed by atoms with Crippen molar-refractivity contribution in [3.63, 3.8) is 0 Å². The van der Waals surface area contributed by atoms with Crippen molar-refractivity contribution in [3.05, 3.63) is 0 Å². The highest BCUT2D eigenvalue weighted by Gasteiger charge is 2.02. The first-order chi connectivity index (χ1) is 8.35. The van der Waals surface area contributed by atoms with Crippen molar-refractivity contribution in [2.45, 2.75) is 39.2 Å². The molecule has 0 aromatic rings. The second-order valence-electron chi connectivity index (χ2n) is 4.07. The Morgan fingerprint density at radius 2 is 1.59 bits per heavy atom. The van der Waals surface area contributed by atoms with Crippen molar-refractivity contribution >= 4 is 0 Å². The van der Waals surface area contributed by atoms with Crippen LogP contribution in [0, 0.1) is 0 Å². The molecule has 0 aliphatic carbocycles. The molecule has 0 radical (unpaired) electrons. The average molecular weight is 247 g/mol. The fraction of sp³-hybridized carbons (Fsp3) is 1.00. The van der Waals surface area contributed by atoms with Crippen LogP contribution >= 0.6 is 0 Å². The lowest BCUT2D eigenvalue weighted by Crippen LogP contribution is -2.31. The number of nitrogens with one attached hydrogen (secondary N) is 1. The zero-order valence-electron chi connectivity index (χ0n) is 11.7. The molecule has 0 aromatic carbocycles. The summed E-state index contributed by atoms with van der Waals surface area (Å²) in [5.74, 6) is 0. The van der Waals surface area contributed by atoms with Crippen LogP contribution in [-0.4, -0.2) is 52.7 Å². The standard InChI is InChI=1S/C13H29NO3/c1-4-6-13(5-2)14-7-8-16-11-12-17-10-9-15-3/h13-14H,4-12H2,1-3H3. The molecule has 0 rings (SSSR count). The molecule has 0 bridgehead atoms. The zero-order chi connectivity index (χ0) is 12.8. The molecule has 104 valence electrons. The van der Waals surface area contributed by atoms with Crippen LogP contribution in [0.15, 0.2) is 0 Å². The van der Waals surface area contributed by atoms with Crippen molar-refractivity contribution in [1.29, 1.82) is 0 Å². The SMILES string of the molecule is CCCC(CC)NCCOCCOCCOC. The predicted molar refractivity (Wildman–Crippen MR) is 70.5 cm³/mol. The van der Waals surface area contributed by atoms with Crippen molar-refractivity contribution < 1.29 is 14.2 Å². The Morgan fingerprint density at radius 3 is 2.18 bits per heavy atom. The maximum atomic E-state index is 5.46. The molecule has 0 saturated carbocycles. The van der Waals surface area contributed by atoms with Gasteiger partial charge in [0.2, 0.25) is 0 Å². The van der Waals surface area contributed by atoms with E-state index in [0.29, 0.717) is 32.5 Å². The third-order valence-corrected chi connectivity index (χ3v) is 2.61. The molecule has 1 atom stereocenters. The molecule has 4 heteroatoms. The van der Waals surface area contributed by atoms with Crippen LogP contribution in [0.5, 0.6) is 0 Å². The first-order valence-corrected chi connectivity index (χ1v) is 6.72. The van der Waals surface area contributed by atoms with E-state index in [9.17, 15) is 0 Å². The van der Waals surface area contributed by atoms with Crippen LogP contribution in [0.2, 0.25) is 0 Å². The van der Waals surface area contributed by atoms with E-state index in [4.69, 9.17) is 14.2 Å². The van der Waals surface area contributed by atoms with E-state index >= 15 is 0 Å². The number of hydrogen-bond donors (Lipinski definition) is 1. The predicted octanol–water partition coefficient (Wildman–Crippen LogP) is 1.83. The van der Waals surface area contributed by atoms with Gasteiger partial charge in [0.1, 0.15) is 0 Å². The van der Waals surface area contributed by atoms with Crippen molar-refractivity contribution in [3.8, 4) is 0 Å². The van der Waals surface area contributed by atoms with Gasteiger partial charge in [-0.1, -0.05) is 20.3 Å². The normalized spacial score (nSPS) is 12.9. The molecule has 1 unspecified atom stereocenters. The lowest BCUT2D eigenvalue weighted by molar-refractivity contribution is 0.0251. The monoisotopic (exact) mass is 247 g/mol. The molecule has 0 spiro atoms. The molecule has 0 aliphatic heterocycles. The summed E-state index contributed by atoms with van der Waals surface area (Å²) in [7, 11) is 1.67. The highest BCUT2D eigenvalue weighted by molar-refractivity contribution is 4.63. The minimum absolute atomic E-state index is 0.640. The van der Waals surface area contributed by atoms with Gasteiger partial charge in [-0.25, -0.2) is 0 Å². The first kappa shape index (κ1) is 16.8. The Kier molecular flexibility index (Phi) is 13.8. The third-order valence-electron chi connectivity index (χ3n) is 2.61. The summed E-state index contributed by atoms with van der Waals surface area (Å²) in [4.78, 5) is 0. The van der Waals surface area contributed by atoms with Gasteiger partial charge in [0, 0.05) is 19.7 Å². The summed E-state index contributed by atoms with van der Waals surface area (Å²) in [5, 5.41) is 3.50. The number of rotatable bonds is 13. The van der Waals surface area contributed by atoms with E-state index in [1.54, 1.807) is 7.11 Å². The lowest BCUT2D eigenvalue weighted by Gasteiger charge is -2.15. The summed E-state index contributed by atoms with van der Waals surface area (Å²) >= 11 is 0. The van der Waals surface area contributed by atoms with Crippen LogP contribution < -0.4 is 5.32 Å². The molecule has 4 nitrogen and oxygen atoms in total. The number of ether oxygens (including phenoxy) is 3. The van der Waals surface area contributed by atoms with E-state index in [2.05, 4.69) is 19.2 Å². The molecule has 0 heterocycles. The van der Waals surface area contributed by atoms with Gasteiger partial charge in [0.05, 0.1) is 33.0 Å². The van der Waals surface area contributed by atoms with Gasteiger partial charge in [-0.15, -0.1) is 0 Å². The molecular formula is C13H29NO3. The van der Waals surface area contributed by atoms with E-state index < -0.39 is 0 Å². The lowest BCUT2D eigenvalue weighted by atomic mass is 10.1. The Bertz CT molecular complexity index is 145. The second kappa shape index (κ2) is 13.9. The Morgan fingerprint density at radius 1 is 0.941 bits per heavy atom. The van der Waals surface area contributed by atoms with Crippen molar-refractivity contribution in [1.82, 2.24) is 5.32 Å². The Hall–Kier alpha value is -0.160. The van der Waals surface area contributed by atoms with Crippen LogP contribution in [0.3, 0.4) is 0 Å². The maximum absolute atomic E-state index is 5.46. The highest BCUT2D eigenvalue weighted by atomic mass is 16.5. The maximum Gasteiger partial charge on any atom is 0.0701 e. The van der Waals surface area contributed by atoms with Gasteiger partial charge in [0.25, 0.3) is 0 Å². The van der Waals surface area contributed by atoms with Crippen LogP contribution in [0.25, 0.3) is 0 Å². The Labute approximate surface area is 106 Å². The molecule has 0 fully saturated rings. The molecule has 1 N–H and O–H groups in total. The van der Waals surface area contributed by atoms with Crippen LogP contribution in [-0.2, 0) is 14.2 Å². The van der Waals surface area contributed by atoms with E-state index in [-0.39, 0.29) is 0 Å². The summed E-state index contributed by atoms with van der Waals surface area (Å²) in [6.07, 6.45) is 3.67. The largest absolute Gasteiger partial charge is 0.382 e. The minimum Gasteiger partial charge on any atom is -0.382 e. The van der Waals surface area contributed by atoms with Gasteiger partial charge >= 0.3 is 0 Å². The molecule has 0 saturated heterocycles. The van der Waals surface area contributed by atoms with Crippen molar-refractivity contribution in [2.75, 3.05) is 46.7 Å².